The van der Waals surface area contributed by atoms with Crippen LogP contribution in [0.15, 0.2) is 0 Å². The normalized spacial score (nSPS) is 15.7. The average Bonchev–Trinajstić information content (AvgIpc) is 2.24. The highest BCUT2D eigenvalue weighted by molar-refractivity contribution is 7.54. The summed E-state index contributed by atoms with van der Waals surface area (Å²) < 4.78 is 11.0. The van der Waals surface area contributed by atoms with Gasteiger partial charge in [0.15, 0.2) is 0 Å². The van der Waals surface area contributed by atoms with Crippen LogP contribution in [0.25, 0.3) is 0 Å². The highest BCUT2D eigenvalue weighted by Gasteiger charge is 2.52. The molecule has 0 aromatic heterocycles. The van der Waals surface area contributed by atoms with Gasteiger partial charge in [0.25, 0.3) is 5.34 Å². The van der Waals surface area contributed by atoms with E-state index in [-0.39, 0.29) is 6.54 Å². The standard InChI is InChI=1S/C10H22NO6P/c1-3-4-5-7-11(2)8-6-10(14,9(12)13)18(15,16)17/h14H,3-8H2,1-2H3,(H,12,13)(H2,15,16,17). The Hall–Kier alpha value is -0.460. The summed E-state index contributed by atoms with van der Waals surface area (Å²) in [6, 6.07) is 0. The number of carboxylic acids is 1. The fourth-order valence-corrected chi connectivity index (χ4v) is 2.11. The fraction of sp³-hybridized carbons (Fsp3) is 0.900. The second kappa shape index (κ2) is 7.21. The SMILES string of the molecule is CCCCCN(C)CCC(O)(C(=O)O)P(=O)(O)O. The molecule has 18 heavy (non-hydrogen) atoms. The lowest BCUT2D eigenvalue weighted by Crippen LogP contribution is -2.41. The lowest BCUT2D eigenvalue weighted by atomic mass is 10.2. The summed E-state index contributed by atoms with van der Waals surface area (Å²) in [6.07, 6.45) is 2.51. The first kappa shape index (κ1) is 17.5. The molecule has 0 bridgehead atoms. The average molecular weight is 283 g/mol. The molecule has 7 nitrogen and oxygen atoms in total. The minimum atomic E-state index is -5.10. The topological polar surface area (TPSA) is 118 Å². The van der Waals surface area contributed by atoms with Crippen molar-refractivity contribution in [3.05, 3.63) is 0 Å². The molecule has 0 aromatic carbocycles. The Bertz CT molecular complexity index is 317. The van der Waals surface area contributed by atoms with E-state index in [4.69, 9.17) is 14.9 Å². The van der Waals surface area contributed by atoms with Crippen LogP contribution in [0.1, 0.15) is 32.6 Å². The predicted molar refractivity (Wildman–Crippen MR) is 66.3 cm³/mol. The maximum absolute atomic E-state index is 11.0. The second-order valence-electron chi connectivity index (χ2n) is 4.43. The molecule has 0 amide bonds. The second-order valence-corrected chi connectivity index (χ2v) is 6.25. The van der Waals surface area contributed by atoms with E-state index in [1.165, 1.54) is 0 Å². The molecule has 0 radical (unpaired) electrons. The summed E-state index contributed by atoms with van der Waals surface area (Å²) in [4.78, 5) is 30.3. The van der Waals surface area contributed by atoms with Gasteiger partial charge in [0, 0.05) is 13.0 Å². The summed E-state index contributed by atoms with van der Waals surface area (Å²) in [7, 11) is -3.38. The van der Waals surface area contributed by atoms with Crippen LogP contribution < -0.4 is 0 Å². The van der Waals surface area contributed by atoms with Crippen LogP contribution in [0.2, 0.25) is 0 Å². The van der Waals surface area contributed by atoms with Crippen LogP contribution >= 0.6 is 7.60 Å². The van der Waals surface area contributed by atoms with Gasteiger partial charge in [0.05, 0.1) is 0 Å². The molecular weight excluding hydrogens is 261 g/mol. The van der Waals surface area contributed by atoms with E-state index in [1.807, 2.05) is 0 Å². The van der Waals surface area contributed by atoms with E-state index in [0.29, 0.717) is 6.54 Å². The van der Waals surface area contributed by atoms with Crippen LogP contribution in [0.4, 0.5) is 0 Å². The van der Waals surface area contributed by atoms with Crippen molar-refractivity contribution in [3.63, 3.8) is 0 Å². The van der Waals surface area contributed by atoms with Gasteiger partial charge in [-0.25, -0.2) is 4.79 Å². The maximum Gasteiger partial charge on any atom is 0.368 e. The van der Waals surface area contributed by atoms with Gasteiger partial charge in [-0.3, -0.25) is 4.57 Å². The molecule has 0 rings (SSSR count). The largest absolute Gasteiger partial charge is 0.479 e. The Morgan fingerprint density at radius 3 is 2.22 bits per heavy atom. The Balaban J connectivity index is 4.38. The Kier molecular flexibility index (Phi) is 7.02. The van der Waals surface area contributed by atoms with Crippen molar-refractivity contribution in [1.82, 2.24) is 4.90 Å². The van der Waals surface area contributed by atoms with Crippen molar-refractivity contribution in [2.45, 2.75) is 37.9 Å². The third-order valence-corrected chi connectivity index (χ3v) is 4.19. The monoisotopic (exact) mass is 283 g/mol. The third-order valence-electron chi connectivity index (χ3n) is 2.81. The Morgan fingerprint density at radius 2 is 1.83 bits per heavy atom. The molecule has 0 saturated carbocycles. The van der Waals surface area contributed by atoms with Crippen molar-refractivity contribution in [2.24, 2.45) is 0 Å². The first-order valence-electron chi connectivity index (χ1n) is 5.85. The molecular formula is C10H22NO6P. The van der Waals surface area contributed by atoms with Crippen LogP contribution in [0, 0.1) is 0 Å². The molecule has 0 aromatic rings. The molecule has 0 spiro atoms. The zero-order valence-corrected chi connectivity index (χ0v) is 11.6. The molecule has 0 aliphatic carbocycles. The van der Waals surface area contributed by atoms with E-state index in [2.05, 4.69) is 6.92 Å². The van der Waals surface area contributed by atoms with Crippen molar-refractivity contribution < 1.29 is 29.4 Å². The molecule has 0 aliphatic heterocycles. The van der Waals surface area contributed by atoms with E-state index >= 15 is 0 Å². The van der Waals surface area contributed by atoms with Crippen LogP contribution in [0.5, 0.6) is 0 Å². The van der Waals surface area contributed by atoms with Gasteiger partial charge in [-0.2, -0.15) is 0 Å². The minimum absolute atomic E-state index is 0.109. The number of hydrogen-bond acceptors (Lipinski definition) is 4. The molecule has 4 N–H and O–H groups in total. The van der Waals surface area contributed by atoms with Gasteiger partial charge in [-0.1, -0.05) is 19.8 Å². The van der Waals surface area contributed by atoms with Gasteiger partial charge in [-0.15, -0.1) is 0 Å². The van der Waals surface area contributed by atoms with Crippen LogP contribution in [-0.2, 0) is 9.36 Å². The van der Waals surface area contributed by atoms with Crippen molar-refractivity contribution in [3.8, 4) is 0 Å². The Morgan fingerprint density at radius 1 is 1.28 bits per heavy atom. The number of aliphatic carboxylic acids is 1. The molecule has 8 heteroatoms. The lowest BCUT2D eigenvalue weighted by Gasteiger charge is -2.26. The molecule has 0 fully saturated rings. The number of carboxylic acid groups (broad SMARTS) is 1. The fourth-order valence-electron chi connectivity index (χ4n) is 1.47. The number of hydrogen-bond donors (Lipinski definition) is 4. The molecule has 108 valence electrons. The molecule has 0 aliphatic rings. The predicted octanol–water partition coefficient (Wildman–Crippen LogP) is 0.449. The summed E-state index contributed by atoms with van der Waals surface area (Å²) in [5, 5.41) is 15.3. The first-order valence-corrected chi connectivity index (χ1v) is 7.46. The number of unbranched alkanes of at least 4 members (excludes halogenated alkanes) is 2. The van der Waals surface area contributed by atoms with E-state index in [9.17, 15) is 14.5 Å². The van der Waals surface area contributed by atoms with E-state index in [0.717, 1.165) is 19.3 Å². The van der Waals surface area contributed by atoms with Crippen LogP contribution in [0.3, 0.4) is 0 Å². The summed E-state index contributed by atoms with van der Waals surface area (Å²) in [5.74, 6) is -1.89. The van der Waals surface area contributed by atoms with Gasteiger partial charge < -0.3 is 24.9 Å². The number of carbonyl (C=O) groups is 1. The van der Waals surface area contributed by atoms with Gasteiger partial charge in [0.2, 0.25) is 0 Å². The van der Waals surface area contributed by atoms with E-state index in [1.54, 1.807) is 11.9 Å². The smallest absolute Gasteiger partial charge is 0.368 e. The zero-order valence-electron chi connectivity index (χ0n) is 10.7. The lowest BCUT2D eigenvalue weighted by molar-refractivity contribution is -0.152. The van der Waals surface area contributed by atoms with Crippen molar-refractivity contribution >= 4 is 13.6 Å². The zero-order chi connectivity index (χ0) is 14.4. The highest BCUT2D eigenvalue weighted by atomic mass is 31.2. The van der Waals surface area contributed by atoms with Gasteiger partial charge >= 0.3 is 13.6 Å². The van der Waals surface area contributed by atoms with Crippen molar-refractivity contribution in [2.75, 3.05) is 20.1 Å². The quantitative estimate of drug-likeness (QED) is 0.358. The first-order chi connectivity index (χ1) is 8.15. The summed E-state index contributed by atoms with van der Waals surface area (Å²) in [6.45, 7) is 2.86. The van der Waals surface area contributed by atoms with Gasteiger partial charge in [0.1, 0.15) is 0 Å². The minimum Gasteiger partial charge on any atom is -0.479 e. The summed E-state index contributed by atoms with van der Waals surface area (Å²) in [5.41, 5.74) is 0. The molecule has 1 unspecified atom stereocenters. The van der Waals surface area contributed by atoms with Crippen molar-refractivity contribution in [1.29, 1.82) is 0 Å². The number of aliphatic hydroxyl groups is 1. The maximum atomic E-state index is 11.0. The molecule has 0 heterocycles. The molecule has 1 atom stereocenters. The van der Waals surface area contributed by atoms with E-state index < -0.39 is 25.3 Å². The highest BCUT2D eigenvalue weighted by Crippen LogP contribution is 2.50. The summed E-state index contributed by atoms with van der Waals surface area (Å²) >= 11 is 0. The number of rotatable bonds is 9. The molecule has 0 saturated heterocycles. The Labute approximate surface area is 107 Å². The van der Waals surface area contributed by atoms with Crippen LogP contribution in [-0.4, -0.2) is 56.3 Å². The number of nitrogens with zero attached hydrogens (tertiary/aromatic N) is 1. The van der Waals surface area contributed by atoms with Gasteiger partial charge in [-0.05, 0) is 20.0 Å². The third kappa shape index (κ3) is 5.04.